The average Bonchev–Trinajstić information content (AvgIpc) is 2.65. The lowest BCUT2D eigenvalue weighted by Crippen LogP contribution is -1.97. The first-order valence-corrected chi connectivity index (χ1v) is 4.62. The van der Waals surface area contributed by atoms with Crippen LogP contribution in [0.3, 0.4) is 0 Å². The molecule has 1 aromatic heterocycles. The van der Waals surface area contributed by atoms with Crippen LogP contribution in [0.1, 0.15) is 30.1 Å². The monoisotopic (exact) mass is 188 g/mol. The zero-order chi connectivity index (χ0) is 9.97. The Balaban J connectivity index is 2.29. The van der Waals surface area contributed by atoms with Gasteiger partial charge in [-0.1, -0.05) is 42.4 Å². The lowest BCUT2D eigenvalue weighted by molar-refractivity contribution is 0.386. The van der Waals surface area contributed by atoms with Crippen molar-refractivity contribution in [3.05, 3.63) is 47.6 Å². The first-order chi connectivity index (χ1) is 6.77. The Labute approximate surface area is 82.8 Å². The van der Waals surface area contributed by atoms with E-state index in [1.165, 1.54) is 5.56 Å². The fraction of sp³-hybridized carbons (Fsp3) is 0.273. The molecule has 0 N–H and O–H groups in total. The summed E-state index contributed by atoms with van der Waals surface area (Å²) in [6.07, 6.45) is 0. The Morgan fingerprint density at radius 3 is 2.50 bits per heavy atom. The van der Waals surface area contributed by atoms with Crippen LogP contribution in [0.25, 0.3) is 0 Å². The highest BCUT2D eigenvalue weighted by molar-refractivity contribution is 5.23. The number of hydrogen-bond acceptors (Lipinski definition) is 3. The van der Waals surface area contributed by atoms with Crippen LogP contribution >= 0.6 is 0 Å². The van der Waals surface area contributed by atoms with Gasteiger partial charge in [-0.2, -0.15) is 4.98 Å². The average molecular weight is 188 g/mol. The van der Waals surface area contributed by atoms with Crippen LogP contribution in [0.2, 0.25) is 0 Å². The van der Waals surface area contributed by atoms with E-state index in [9.17, 15) is 0 Å². The maximum atomic E-state index is 4.95. The molecule has 3 nitrogen and oxygen atoms in total. The maximum absolute atomic E-state index is 4.95. The van der Waals surface area contributed by atoms with Gasteiger partial charge >= 0.3 is 0 Å². The largest absolute Gasteiger partial charge is 0.340 e. The molecule has 0 fully saturated rings. The zero-order valence-corrected chi connectivity index (χ0v) is 8.27. The summed E-state index contributed by atoms with van der Waals surface area (Å²) in [4.78, 5) is 4.21. The maximum Gasteiger partial charge on any atom is 0.223 e. The molecule has 0 aliphatic heterocycles. The summed E-state index contributed by atoms with van der Waals surface area (Å²) in [7, 11) is 0. The van der Waals surface area contributed by atoms with Gasteiger partial charge in [0.1, 0.15) is 0 Å². The third-order valence-corrected chi connectivity index (χ3v) is 2.23. The van der Waals surface area contributed by atoms with E-state index in [0.717, 1.165) is 5.82 Å². The molecule has 2 aromatic rings. The summed E-state index contributed by atoms with van der Waals surface area (Å²) in [5.74, 6) is 1.55. The number of hydrogen-bond donors (Lipinski definition) is 0. The number of aromatic nitrogens is 2. The molecule has 72 valence electrons. The fourth-order valence-electron chi connectivity index (χ4n) is 1.38. The van der Waals surface area contributed by atoms with Crippen molar-refractivity contribution in [3.8, 4) is 0 Å². The van der Waals surface area contributed by atoms with Crippen molar-refractivity contribution < 1.29 is 4.52 Å². The Morgan fingerprint density at radius 2 is 1.93 bits per heavy atom. The van der Waals surface area contributed by atoms with Crippen molar-refractivity contribution in [1.29, 1.82) is 0 Å². The van der Waals surface area contributed by atoms with Gasteiger partial charge in [-0.15, -0.1) is 0 Å². The third kappa shape index (κ3) is 1.66. The minimum atomic E-state index is 0.189. The summed E-state index contributed by atoms with van der Waals surface area (Å²) in [5, 5.41) is 3.91. The van der Waals surface area contributed by atoms with Crippen LogP contribution in [0.5, 0.6) is 0 Å². The molecule has 0 unspecified atom stereocenters. The van der Waals surface area contributed by atoms with E-state index >= 15 is 0 Å². The summed E-state index contributed by atoms with van der Waals surface area (Å²) < 4.78 is 4.95. The van der Waals surface area contributed by atoms with E-state index in [1.807, 2.05) is 18.2 Å². The molecule has 0 aliphatic carbocycles. The van der Waals surface area contributed by atoms with E-state index in [1.54, 1.807) is 6.92 Å². The van der Waals surface area contributed by atoms with Gasteiger partial charge in [0, 0.05) is 12.8 Å². The minimum absolute atomic E-state index is 0.189. The highest BCUT2D eigenvalue weighted by atomic mass is 16.5. The van der Waals surface area contributed by atoms with Crippen molar-refractivity contribution in [1.82, 2.24) is 10.1 Å². The van der Waals surface area contributed by atoms with E-state index in [4.69, 9.17) is 4.52 Å². The smallest absolute Gasteiger partial charge is 0.223 e. The lowest BCUT2D eigenvalue weighted by atomic mass is 10.0. The van der Waals surface area contributed by atoms with Gasteiger partial charge in [-0.3, -0.25) is 0 Å². The summed E-state index contributed by atoms with van der Waals surface area (Å²) in [6, 6.07) is 10.2. The molecule has 1 atom stereocenters. The van der Waals surface area contributed by atoms with Gasteiger partial charge in [0.05, 0.1) is 0 Å². The fourth-order valence-corrected chi connectivity index (χ4v) is 1.38. The second-order valence-electron chi connectivity index (χ2n) is 3.30. The predicted octanol–water partition coefficient (Wildman–Crippen LogP) is 2.53. The summed E-state index contributed by atoms with van der Waals surface area (Å²) in [6.45, 7) is 3.87. The van der Waals surface area contributed by atoms with E-state index in [-0.39, 0.29) is 5.92 Å². The molecule has 1 aromatic carbocycles. The van der Waals surface area contributed by atoms with Crippen LogP contribution in [0.4, 0.5) is 0 Å². The molecule has 0 saturated carbocycles. The second kappa shape index (κ2) is 3.62. The number of aryl methyl sites for hydroxylation is 1. The van der Waals surface area contributed by atoms with E-state index in [2.05, 4.69) is 29.2 Å². The second-order valence-corrected chi connectivity index (χ2v) is 3.30. The van der Waals surface area contributed by atoms with Crippen molar-refractivity contribution in [3.63, 3.8) is 0 Å². The molecule has 2 rings (SSSR count). The highest BCUT2D eigenvalue weighted by Crippen LogP contribution is 2.20. The molecule has 0 amide bonds. The number of nitrogens with zero attached hydrogens (tertiary/aromatic N) is 2. The normalized spacial score (nSPS) is 12.7. The number of rotatable bonds is 2. The quantitative estimate of drug-likeness (QED) is 0.726. The predicted molar refractivity (Wildman–Crippen MR) is 53.0 cm³/mol. The number of benzene rings is 1. The van der Waals surface area contributed by atoms with Crippen molar-refractivity contribution in [2.24, 2.45) is 0 Å². The molecule has 0 bridgehead atoms. The van der Waals surface area contributed by atoms with Gasteiger partial charge in [-0.05, 0) is 5.56 Å². The van der Waals surface area contributed by atoms with Crippen LogP contribution in [-0.2, 0) is 0 Å². The van der Waals surface area contributed by atoms with Crippen LogP contribution in [0.15, 0.2) is 34.9 Å². The Hall–Kier alpha value is -1.64. The van der Waals surface area contributed by atoms with Crippen LogP contribution in [0, 0.1) is 6.92 Å². The summed E-state index contributed by atoms with van der Waals surface area (Å²) in [5.41, 5.74) is 1.20. The zero-order valence-electron chi connectivity index (χ0n) is 8.27. The van der Waals surface area contributed by atoms with Crippen molar-refractivity contribution >= 4 is 0 Å². The first kappa shape index (κ1) is 8.94. The molecular weight excluding hydrogens is 176 g/mol. The Bertz CT molecular complexity index is 408. The van der Waals surface area contributed by atoms with Gasteiger partial charge in [0.15, 0.2) is 5.82 Å². The van der Waals surface area contributed by atoms with Gasteiger partial charge < -0.3 is 4.52 Å². The van der Waals surface area contributed by atoms with E-state index in [0.29, 0.717) is 5.89 Å². The molecule has 1 heterocycles. The molecule has 0 aliphatic rings. The van der Waals surface area contributed by atoms with Crippen molar-refractivity contribution in [2.45, 2.75) is 19.8 Å². The highest BCUT2D eigenvalue weighted by Gasteiger charge is 2.13. The van der Waals surface area contributed by atoms with Gasteiger partial charge in [0.25, 0.3) is 0 Å². The van der Waals surface area contributed by atoms with Gasteiger partial charge in [0.2, 0.25) is 5.89 Å². The van der Waals surface area contributed by atoms with Crippen molar-refractivity contribution in [2.75, 3.05) is 0 Å². The minimum Gasteiger partial charge on any atom is -0.340 e. The molecular formula is C11H12N2O. The van der Waals surface area contributed by atoms with Crippen LogP contribution < -0.4 is 0 Å². The molecule has 0 spiro atoms. The molecule has 3 heteroatoms. The third-order valence-electron chi connectivity index (χ3n) is 2.23. The Morgan fingerprint density at radius 1 is 1.21 bits per heavy atom. The first-order valence-electron chi connectivity index (χ1n) is 4.62. The Kier molecular flexibility index (Phi) is 2.31. The SMILES string of the molecule is Cc1nc([C@@H](C)c2ccccc2)no1. The standard InChI is InChI=1S/C11H12N2O/c1-8(10-6-4-3-5-7-10)11-12-9(2)14-13-11/h3-8H,1-2H3/t8-/m0/s1. The van der Waals surface area contributed by atoms with Gasteiger partial charge in [-0.25, -0.2) is 0 Å². The summed E-state index contributed by atoms with van der Waals surface area (Å²) >= 11 is 0. The lowest BCUT2D eigenvalue weighted by Gasteiger charge is -2.05. The van der Waals surface area contributed by atoms with E-state index < -0.39 is 0 Å². The molecule has 0 radical (unpaired) electrons. The molecule has 0 saturated heterocycles. The van der Waals surface area contributed by atoms with Crippen LogP contribution in [-0.4, -0.2) is 10.1 Å². The topological polar surface area (TPSA) is 38.9 Å². The molecule has 14 heavy (non-hydrogen) atoms.